The minimum absolute atomic E-state index is 0.00553. The van der Waals surface area contributed by atoms with Crippen molar-refractivity contribution in [3.8, 4) is 0 Å². The van der Waals surface area contributed by atoms with Gasteiger partial charge in [-0.05, 0) is 37.3 Å². The minimum Gasteiger partial charge on any atom is -0.350 e. The van der Waals surface area contributed by atoms with Gasteiger partial charge in [0.15, 0.2) is 0 Å². The molecule has 2 aromatic heterocycles. The molecule has 3 heterocycles. The van der Waals surface area contributed by atoms with Crippen LogP contribution in [0.4, 0.5) is 0 Å². The second kappa shape index (κ2) is 8.43. The number of imidazole rings is 1. The number of fused-ring (bicyclic) bond motifs is 1. The van der Waals surface area contributed by atoms with Crippen LogP contribution in [-0.4, -0.2) is 44.2 Å². The molecule has 1 saturated heterocycles. The van der Waals surface area contributed by atoms with E-state index in [4.69, 9.17) is 0 Å². The highest BCUT2D eigenvalue weighted by Gasteiger charge is 2.26. The summed E-state index contributed by atoms with van der Waals surface area (Å²) in [6.45, 7) is 3.29. The van der Waals surface area contributed by atoms with Crippen LogP contribution < -0.4 is 5.32 Å². The lowest BCUT2D eigenvalue weighted by atomic mass is 9.93. The summed E-state index contributed by atoms with van der Waals surface area (Å²) in [6, 6.07) is 11.8. The number of likely N-dealkylation sites (tertiary alicyclic amines) is 1. The first-order valence-electron chi connectivity index (χ1n) is 10.0. The normalized spacial score (nSPS) is 16.0. The van der Waals surface area contributed by atoms with E-state index in [1.807, 2.05) is 48.4 Å². The lowest BCUT2D eigenvalue weighted by Gasteiger charge is -2.31. The van der Waals surface area contributed by atoms with Gasteiger partial charge < -0.3 is 10.2 Å². The molecule has 1 N–H and O–H groups in total. The first-order valence-corrected chi connectivity index (χ1v) is 10.0. The molecule has 150 valence electrons. The maximum Gasteiger partial charge on any atom is 0.274 e. The number of rotatable bonds is 5. The van der Waals surface area contributed by atoms with Crippen molar-refractivity contribution in [1.29, 1.82) is 0 Å². The Bertz CT molecular complexity index is 960. The van der Waals surface area contributed by atoms with E-state index in [1.165, 1.54) is 0 Å². The van der Waals surface area contributed by atoms with Crippen molar-refractivity contribution in [2.75, 3.05) is 13.1 Å². The van der Waals surface area contributed by atoms with Gasteiger partial charge in [0, 0.05) is 38.1 Å². The molecular formula is C22H25N5O2. The fourth-order valence-corrected chi connectivity index (χ4v) is 3.82. The Morgan fingerprint density at radius 2 is 1.93 bits per heavy atom. The molecule has 1 aliphatic rings. The van der Waals surface area contributed by atoms with Crippen LogP contribution >= 0.6 is 0 Å². The van der Waals surface area contributed by atoms with Gasteiger partial charge in [0.2, 0.25) is 11.7 Å². The van der Waals surface area contributed by atoms with Gasteiger partial charge in [-0.3, -0.25) is 14.0 Å². The van der Waals surface area contributed by atoms with Crippen molar-refractivity contribution in [3.05, 3.63) is 66.2 Å². The quantitative estimate of drug-likeness (QED) is 0.725. The maximum atomic E-state index is 12.7. The van der Waals surface area contributed by atoms with Gasteiger partial charge in [-0.1, -0.05) is 30.3 Å². The van der Waals surface area contributed by atoms with Gasteiger partial charge in [0.1, 0.15) is 5.69 Å². The van der Waals surface area contributed by atoms with Crippen LogP contribution in [0.25, 0.3) is 5.78 Å². The van der Waals surface area contributed by atoms with Gasteiger partial charge in [-0.25, -0.2) is 9.97 Å². The fraction of sp³-hybridized carbons (Fsp3) is 0.364. The highest BCUT2D eigenvalue weighted by molar-refractivity contribution is 5.92. The van der Waals surface area contributed by atoms with Crippen LogP contribution in [0.1, 0.15) is 48.3 Å². The number of hydrogen-bond donors (Lipinski definition) is 1. The SMILES string of the molecule is CC(NC(=O)CC1CCN(C(=O)c2cn3cccnc3n2)CC1)c1ccccc1. The van der Waals surface area contributed by atoms with Crippen LogP contribution in [0.2, 0.25) is 0 Å². The Labute approximate surface area is 169 Å². The topological polar surface area (TPSA) is 79.6 Å². The molecule has 1 atom stereocenters. The molecule has 7 heteroatoms. The molecule has 1 unspecified atom stereocenters. The predicted octanol–water partition coefficient (Wildman–Crippen LogP) is 2.85. The van der Waals surface area contributed by atoms with Crippen molar-refractivity contribution in [2.45, 2.75) is 32.2 Å². The Balaban J connectivity index is 1.27. The third kappa shape index (κ3) is 4.45. The molecule has 0 radical (unpaired) electrons. The van der Waals surface area contributed by atoms with Gasteiger partial charge in [0.05, 0.1) is 6.04 Å². The number of carbonyl (C=O) groups excluding carboxylic acids is 2. The van der Waals surface area contributed by atoms with Crippen LogP contribution in [-0.2, 0) is 4.79 Å². The van der Waals surface area contributed by atoms with E-state index >= 15 is 0 Å². The molecule has 2 amide bonds. The van der Waals surface area contributed by atoms with Gasteiger partial charge >= 0.3 is 0 Å². The molecule has 1 fully saturated rings. The Hall–Kier alpha value is -3.22. The number of amides is 2. The van der Waals surface area contributed by atoms with Crippen molar-refractivity contribution < 1.29 is 9.59 Å². The molecule has 29 heavy (non-hydrogen) atoms. The highest BCUT2D eigenvalue weighted by Crippen LogP contribution is 2.22. The first-order chi connectivity index (χ1) is 14.1. The summed E-state index contributed by atoms with van der Waals surface area (Å²) in [7, 11) is 0. The first kappa shape index (κ1) is 19.1. The molecule has 4 rings (SSSR count). The average Bonchev–Trinajstić information content (AvgIpc) is 3.18. The molecule has 7 nitrogen and oxygen atoms in total. The van der Waals surface area contributed by atoms with Gasteiger partial charge in [-0.15, -0.1) is 0 Å². The molecule has 1 aromatic carbocycles. The van der Waals surface area contributed by atoms with Gasteiger partial charge in [-0.2, -0.15) is 0 Å². The fourth-order valence-electron chi connectivity index (χ4n) is 3.82. The summed E-state index contributed by atoms with van der Waals surface area (Å²) in [5.74, 6) is 0.813. The number of nitrogens with one attached hydrogen (secondary N) is 1. The van der Waals surface area contributed by atoms with E-state index in [0.717, 1.165) is 18.4 Å². The van der Waals surface area contributed by atoms with Gasteiger partial charge in [0.25, 0.3) is 5.91 Å². The number of carbonyl (C=O) groups is 2. The zero-order valence-electron chi connectivity index (χ0n) is 16.5. The molecule has 0 bridgehead atoms. The standard InChI is InChI=1S/C22H25N5O2/c1-16(18-6-3-2-4-7-18)24-20(28)14-17-8-12-26(13-9-17)21(29)19-15-27-11-5-10-23-22(27)25-19/h2-7,10-11,15-17H,8-9,12-14H2,1H3,(H,24,28). The van der Waals surface area contributed by atoms with E-state index < -0.39 is 0 Å². The largest absolute Gasteiger partial charge is 0.350 e. The zero-order chi connectivity index (χ0) is 20.2. The predicted molar refractivity (Wildman–Crippen MR) is 109 cm³/mol. The number of piperidine rings is 1. The Kier molecular flexibility index (Phi) is 5.55. The van der Waals surface area contributed by atoms with Crippen LogP contribution in [0, 0.1) is 5.92 Å². The van der Waals surface area contributed by atoms with Crippen LogP contribution in [0.3, 0.4) is 0 Å². The molecule has 0 saturated carbocycles. The highest BCUT2D eigenvalue weighted by atomic mass is 16.2. The summed E-state index contributed by atoms with van der Waals surface area (Å²) in [6.07, 6.45) is 7.35. The van der Waals surface area contributed by atoms with Crippen LogP contribution in [0.5, 0.6) is 0 Å². The Morgan fingerprint density at radius 3 is 2.66 bits per heavy atom. The third-order valence-electron chi connectivity index (χ3n) is 5.51. The molecule has 0 spiro atoms. The van der Waals surface area contributed by atoms with E-state index in [9.17, 15) is 9.59 Å². The van der Waals surface area contributed by atoms with E-state index in [2.05, 4.69) is 15.3 Å². The summed E-state index contributed by atoms with van der Waals surface area (Å²) >= 11 is 0. The second-order valence-corrected chi connectivity index (χ2v) is 7.59. The monoisotopic (exact) mass is 391 g/mol. The minimum atomic E-state index is -0.0731. The summed E-state index contributed by atoms with van der Waals surface area (Å²) in [5.41, 5.74) is 1.51. The van der Waals surface area contributed by atoms with Crippen LogP contribution in [0.15, 0.2) is 55.0 Å². The van der Waals surface area contributed by atoms with E-state index in [0.29, 0.717) is 36.9 Å². The average molecular weight is 391 g/mol. The van der Waals surface area contributed by atoms with Crippen molar-refractivity contribution in [1.82, 2.24) is 24.6 Å². The lowest BCUT2D eigenvalue weighted by Crippen LogP contribution is -2.40. The van der Waals surface area contributed by atoms with Crippen molar-refractivity contribution in [2.24, 2.45) is 5.92 Å². The summed E-state index contributed by atoms with van der Waals surface area (Å²) < 4.78 is 1.75. The number of aromatic nitrogens is 3. The summed E-state index contributed by atoms with van der Waals surface area (Å²) in [5, 5.41) is 3.08. The number of nitrogens with zero attached hydrogens (tertiary/aromatic N) is 4. The Morgan fingerprint density at radius 1 is 1.17 bits per heavy atom. The van der Waals surface area contributed by atoms with Crippen molar-refractivity contribution in [3.63, 3.8) is 0 Å². The van der Waals surface area contributed by atoms with Crippen molar-refractivity contribution >= 4 is 17.6 Å². The van der Waals surface area contributed by atoms with E-state index in [-0.39, 0.29) is 17.9 Å². The summed E-state index contributed by atoms with van der Waals surface area (Å²) in [4.78, 5) is 35.5. The number of benzene rings is 1. The zero-order valence-corrected chi connectivity index (χ0v) is 16.5. The lowest BCUT2D eigenvalue weighted by molar-refractivity contribution is -0.122. The van der Waals surface area contributed by atoms with E-state index in [1.54, 1.807) is 22.9 Å². The molecule has 3 aromatic rings. The third-order valence-corrected chi connectivity index (χ3v) is 5.51. The second-order valence-electron chi connectivity index (χ2n) is 7.59. The smallest absolute Gasteiger partial charge is 0.274 e. The maximum absolute atomic E-state index is 12.7. The molecule has 0 aliphatic carbocycles. The molecule has 1 aliphatic heterocycles. The molecular weight excluding hydrogens is 366 g/mol. The number of hydrogen-bond acceptors (Lipinski definition) is 4.